The molecule has 0 unspecified atom stereocenters. The Morgan fingerprint density at radius 1 is 1.09 bits per heavy atom. The molecule has 4 aromatic rings. The topological polar surface area (TPSA) is 78.5 Å². The van der Waals surface area contributed by atoms with Crippen LogP contribution in [0, 0.1) is 0 Å². The lowest BCUT2D eigenvalue weighted by atomic mass is 10.2. The molecule has 1 N–H and O–H groups in total. The molecule has 0 aliphatic heterocycles. The number of ether oxygens (including phenoxy) is 2. The first-order chi connectivity index (χ1) is 15.5. The van der Waals surface area contributed by atoms with Crippen LogP contribution in [0.15, 0.2) is 75.8 Å². The monoisotopic (exact) mass is 515 g/mol. The molecular formula is C23H19BrClN3O4. The minimum Gasteiger partial charge on any atom is -0.497 e. The normalized spacial score (nSPS) is 10.7. The number of carbonyl (C=O) groups is 1. The standard InChI is InChI=1S/C23H19BrClN3O4/c1-30-17-6-8-18(9-7-17)31-14-19-10-11-21(32-19)23(29)26-22-20(24)13-28(27-22)12-15-2-4-16(25)5-3-15/h2-11,13H,12,14H2,1H3,(H,26,27,29). The molecule has 0 spiro atoms. The first-order valence-corrected chi connectivity index (χ1v) is 10.8. The molecule has 164 valence electrons. The zero-order chi connectivity index (χ0) is 22.5. The zero-order valence-electron chi connectivity index (χ0n) is 17.0. The van der Waals surface area contributed by atoms with E-state index in [-0.39, 0.29) is 12.4 Å². The summed E-state index contributed by atoms with van der Waals surface area (Å²) in [7, 11) is 1.61. The minimum atomic E-state index is -0.404. The summed E-state index contributed by atoms with van der Waals surface area (Å²) in [6, 6.07) is 18.0. The van der Waals surface area contributed by atoms with E-state index < -0.39 is 5.91 Å². The molecular weight excluding hydrogens is 498 g/mol. The van der Waals surface area contributed by atoms with E-state index in [1.807, 2.05) is 24.3 Å². The average molecular weight is 517 g/mol. The molecule has 1 amide bonds. The molecule has 0 aliphatic carbocycles. The second-order valence-electron chi connectivity index (χ2n) is 6.83. The highest BCUT2D eigenvalue weighted by Crippen LogP contribution is 2.23. The number of nitrogens with zero attached hydrogens (tertiary/aromatic N) is 2. The van der Waals surface area contributed by atoms with E-state index in [0.717, 1.165) is 11.3 Å². The molecule has 7 nitrogen and oxygen atoms in total. The second kappa shape index (κ2) is 9.93. The summed E-state index contributed by atoms with van der Waals surface area (Å²) in [5, 5.41) is 7.85. The average Bonchev–Trinajstić information content (AvgIpc) is 3.41. The van der Waals surface area contributed by atoms with Crippen molar-refractivity contribution in [3.8, 4) is 11.5 Å². The quantitative estimate of drug-likeness (QED) is 0.321. The van der Waals surface area contributed by atoms with Gasteiger partial charge in [-0.05, 0) is 70.0 Å². The Hall–Kier alpha value is -3.23. The van der Waals surface area contributed by atoms with Gasteiger partial charge >= 0.3 is 0 Å². The van der Waals surface area contributed by atoms with Crippen molar-refractivity contribution >= 4 is 39.3 Å². The summed E-state index contributed by atoms with van der Waals surface area (Å²) in [4.78, 5) is 12.6. The fourth-order valence-corrected chi connectivity index (χ4v) is 3.45. The van der Waals surface area contributed by atoms with Crippen LogP contribution >= 0.6 is 27.5 Å². The van der Waals surface area contributed by atoms with Crippen LogP contribution in [0.1, 0.15) is 21.9 Å². The lowest BCUT2D eigenvalue weighted by molar-refractivity contribution is 0.0992. The van der Waals surface area contributed by atoms with E-state index in [0.29, 0.717) is 33.4 Å². The van der Waals surface area contributed by atoms with Gasteiger partial charge in [-0.15, -0.1) is 0 Å². The first kappa shape index (κ1) is 22.0. The number of aromatic nitrogens is 2. The summed E-state index contributed by atoms with van der Waals surface area (Å²) >= 11 is 9.36. The number of amides is 1. The zero-order valence-corrected chi connectivity index (χ0v) is 19.4. The van der Waals surface area contributed by atoms with Crippen LogP contribution in [-0.4, -0.2) is 22.8 Å². The highest BCUT2D eigenvalue weighted by atomic mass is 79.9. The number of furan rings is 1. The first-order valence-electron chi connectivity index (χ1n) is 9.64. The smallest absolute Gasteiger partial charge is 0.292 e. The van der Waals surface area contributed by atoms with Crippen molar-refractivity contribution in [3.63, 3.8) is 0 Å². The number of anilines is 1. The summed E-state index contributed by atoms with van der Waals surface area (Å²) in [5.41, 5.74) is 1.04. The predicted molar refractivity (Wildman–Crippen MR) is 124 cm³/mol. The SMILES string of the molecule is COc1ccc(OCc2ccc(C(=O)Nc3nn(Cc4ccc(Cl)cc4)cc3Br)o2)cc1. The van der Waals surface area contributed by atoms with Gasteiger partial charge in [0.1, 0.15) is 23.9 Å². The van der Waals surface area contributed by atoms with Crippen LogP contribution in [0.3, 0.4) is 0 Å². The Bertz CT molecular complexity index is 1200. The Kier molecular flexibility index (Phi) is 6.82. The number of nitrogens with one attached hydrogen (secondary N) is 1. The summed E-state index contributed by atoms with van der Waals surface area (Å²) in [6.45, 7) is 0.734. The van der Waals surface area contributed by atoms with Gasteiger partial charge in [0.2, 0.25) is 0 Å². The van der Waals surface area contributed by atoms with Crippen LogP contribution in [0.4, 0.5) is 5.82 Å². The predicted octanol–water partition coefficient (Wildman–Crippen LogP) is 5.78. The maximum Gasteiger partial charge on any atom is 0.292 e. The summed E-state index contributed by atoms with van der Waals surface area (Å²) in [5.74, 6) is 2.10. The molecule has 0 fully saturated rings. The van der Waals surface area contributed by atoms with Gasteiger partial charge in [0.05, 0.1) is 18.1 Å². The Labute approximate surface area is 198 Å². The van der Waals surface area contributed by atoms with Gasteiger partial charge in [0.25, 0.3) is 5.91 Å². The van der Waals surface area contributed by atoms with Crippen molar-refractivity contribution in [2.24, 2.45) is 0 Å². The molecule has 2 aromatic carbocycles. The lowest BCUT2D eigenvalue weighted by Gasteiger charge is -2.05. The van der Waals surface area contributed by atoms with Crippen molar-refractivity contribution in [2.75, 3.05) is 12.4 Å². The highest BCUT2D eigenvalue weighted by molar-refractivity contribution is 9.10. The molecule has 0 radical (unpaired) electrons. The van der Waals surface area contributed by atoms with Gasteiger partial charge in [0, 0.05) is 11.2 Å². The lowest BCUT2D eigenvalue weighted by Crippen LogP contribution is -2.12. The largest absolute Gasteiger partial charge is 0.497 e. The molecule has 2 heterocycles. The number of carbonyl (C=O) groups excluding carboxylic acids is 1. The van der Waals surface area contributed by atoms with Crippen molar-refractivity contribution in [2.45, 2.75) is 13.2 Å². The molecule has 0 saturated carbocycles. The number of rotatable bonds is 8. The van der Waals surface area contributed by atoms with E-state index in [4.69, 9.17) is 25.5 Å². The van der Waals surface area contributed by atoms with Crippen molar-refractivity contribution in [3.05, 3.63) is 93.4 Å². The van der Waals surface area contributed by atoms with Crippen molar-refractivity contribution in [1.82, 2.24) is 9.78 Å². The second-order valence-corrected chi connectivity index (χ2v) is 8.12. The number of hydrogen-bond acceptors (Lipinski definition) is 5. The van der Waals surface area contributed by atoms with Crippen LogP contribution in [0.25, 0.3) is 0 Å². The molecule has 2 aromatic heterocycles. The van der Waals surface area contributed by atoms with Gasteiger partial charge in [0.15, 0.2) is 11.6 Å². The number of halogens is 2. The minimum absolute atomic E-state index is 0.164. The third-order valence-electron chi connectivity index (χ3n) is 4.53. The molecule has 9 heteroatoms. The Balaban J connectivity index is 1.35. The Morgan fingerprint density at radius 2 is 1.81 bits per heavy atom. The van der Waals surface area contributed by atoms with Crippen LogP contribution < -0.4 is 14.8 Å². The number of hydrogen-bond donors (Lipinski definition) is 1. The van der Waals surface area contributed by atoms with Gasteiger partial charge in [-0.2, -0.15) is 5.10 Å². The van der Waals surface area contributed by atoms with Crippen LogP contribution in [0.5, 0.6) is 11.5 Å². The van der Waals surface area contributed by atoms with E-state index in [1.165, 1.54) is 0 Å². The van der Waals surface area contributed by atoms with E-state index in [2.05, 4.69) is 26.3 Å². The highest BCUT2D eigenvalue weighted by Gasteiger charge is 2.16. The fourth-order valence-electron chi connectivity index (χ4n) is 2.91. The van der Waals surface area contributed by atoms with E-state index in [9.17, 15) is 4.79 Å². The van der Waals surface area contributed by atoms with Gasteiger partial charge < -0.3 is 19.2 Å². The molecule has 0 aliphatic rings. The number of methoxy groups -OCH3 is 1. The number of benzene rings is 2. The summed E-state index contributed by atoms with van der Waals surface area (Å²) in [6.07, 6.45) is 1.79. The molecule has 0 bridgehead atoms. The van der Waals surface area contributed by atoms with Crippen LogP contribution in [0.2, 0.25) is 5.02 Å². The third-order valence-corrected chi connectivity index (χ3v) is 5.37. The van der Waals surface area contributed by atoms with Crippen LogP contribution in [-0.2, 0) is 13.2 Å². The van der Waals surface area contributed by atoms with E-state index >= 15 is 0 Å². The van der Waals surface area contributed by atoms with Gasteiger partial charge in [-0.3, -0.25) is 9.48 Å². The van der Waals surface area contributed by atoms with Crippen molar-refractivity contribution < 1.29 is 18.7 Å². The Morgan fingerprint density at radius 3 is 2.53 bits per heavy atom. The molecule has 0 atom stereocenters. The third kappa shape index (κ3) is 5.52. The fraction of sp³-hybridized carbons (Fsp3) is 0.130. The maximum absolute atomic E-state index is 12.6. The van der Waals surface area contributed by atoms with Gasteiger partial charge in [-0.1, -0.05) is 23.7 Å². The summed E-state index contributed by atoms with van der Waals surface area (Å²) < 4.78 is 18.8. The molecule has 0 saturated heterocycles. The van der Waals surface area contributed by atoms with Gasteiger partial charge in [-0.25, -0.2) is 0 Å². The molecule has 4 rings (SSSR count). The maximum atomic E-state index is 12.6. The van der Waals surface area contributed by atoms with Crippen molar-refractivity contribution in [1.29, 1.82) is 0 Å². The van der Waals surface area contributed by atoms with E-state index in [1.54, 1.807) is 54.4 Å². The molecule has 32 heavy (non-hydrogen) atoms.